The third-order valence-corrected chi connectivity index (χ3v) is 8.66. The molecule has 30 heavy (non-hydrogen) atoms. The van der Waals surface area contributed by atoms with Crippen LogP contribution in [-0.2, 0) is 10.0 Å². The number of nitrogens with two attached hydrogens (primary N) is 1. The summed E-state index contributed by atoms with van der Waals surface area (Å²) in [6.45, 7) is 2.01. The SMILES string of the molecule is Nc1sc2ccccc2c1C(=O)N1CCN(S(=O)(=O)c2ccccc2[C@H]2CN2)CC1. The highest BCUT2D eigenvalue weighted by atomic mass is 32.2. The van der Waals surface area contributed by atoms with Crippen LogP contribution in [0, 0.1) is 0 Å². The Balaban J connectivity index is 1.35. The number of carbonyl (C=O) groups is 1. The number of benzene rings is 2. The van der Waals surface area contributed by atoms with Gasteiger partial charge in [0.25, 0.3) is 5.91 Å². The fourth-order valence-corrected chi connectivity index (χ4v) is 6.64. The summed E-state index contributed by atoms with van der Waals surface area (Å²) in [7, 11) is -3.61. The number of hydrogen-bond donors (Lipinski definition) is 2. The highest BCUT2D eigenvalue weighted by Crippen LogP contribution is 2.35. The second-order valence-electron chi connectivity index (χ2n) is 7.53. The van der Waals surface area contributed by atoms with Gasteiger partial charge in [-0.05, 0) is 17.7 Å². The predicted molar refractivity (Wildman–Crippen MR) is 118 cm³/mol. The molecule has 0 radical (unpaired) electrons. The van der Waals surface area contributed by atoms with Crippen LogP contribution >= 0.6 is 11.3 Å². The zero-order chi connectivity index (χ0) is 20.9. The molecule has 2 fully saturated rings. The van der Waals surface area contributed by atoms with E-state index in [0.717, 1.165) is 22.2 Å². The van der Waals surface area contributed by atoms with Gasteiger partial charge in [-0.1, -0.05) is 36.4 Å². The van der Waals surface area contributed by atoms with Crippen molar-refractivity contribution in [1.82, 2.24) is 14.5 Å². The van der Waals surface area contributed by atoms with E-state index in [0.29, 0.717) is 28.5 Å². The smallest absolute Gasteiger partial charge is 0.257 e. The molecule has 1 amide bonds. The van der Waals surface area contributed by atoms with Crippen LogP contribution < -0.4 is 11.1 Å². The summed E-state index contributed by atoms with van der Waals surface area (Å²) in [5.74, 6) is -0.135. The molecule has 0 spiro atoms. The molecule has 1 aromatic heterocycles. The fraction of sp³-hybridized carbons (Fsp3) is 0.286. The lowest BCUT2D eigenvalue weighted by Crippen LogP contribution is -2.50. The second kappa shape index (κ2) is 7.35. The quantitative estimate of drug-likeness (QED) is 0.603. The first-order chi connectivity index (χ1) is 14.5. The number of fused-ring (bicyclic) bond motifs is 1. The summed E-state index contributed by atoms with van der Waals surface area (Å²) in [5.41, 5.74) is 7.48. The lowest BCUT2D eigenvalue weighted by Gasteiger charge is -2.34. The molecule has 2 aliphatic rings. The van der Waals surface area contributed by atoms with E-state index in [9.17, 15) is 13.2 Å². The van der Waals surface area contributed by atoms with Crippen molar-refractivity contribution in [2.24, 2.45) is 0 Å². The highest BCUT2D eigenvalue weighted by Gasteiger charge is 2.35. The maximum absolute atomic E-state index is 13.3. The summed E-state index contributed by atoms with van der Waals surface area (Å²) in [6.07, 6.45) is 0. The number of piperazine rings is 1. The average molecular weight is 443 g/mol. The van der Waals surface area contributed by atoms with Crippen LogP contribution in [0.4, 0.5) is 5.00 Å². The number of thiophene rings is 1. The highest BCUT2D eigenvalue weighted by molar-refractivity contribution is 7.89. The van der Waals surface area contributed by atoms with E-state index in [1.165, 1.54) is 15.6 Å². The molecule has 156 valence electrons. The number of hydrogen-bond acceptors (Lipinski definition) is 6. The van der Waals surface area contributed by atoms with E-state index < -0.39 is 10.0 Å². The molecule has 2 aromatic carbocycles. The summed E-state index contributed by atoms with van der Waals surface area (Å²) in [5, 5.41) is 4.53. The number of sulfonamides is 1. The van der Waals surface area contributed by atoms with Gasteiger partial charge in [0.1, 0.15) is 0 Å². The van der Waals surface area contributed by atoms with Gasteiger partial charge in [-0.15, -0.1) is 11.3 Å². The van der Waals surface area contributed by atoms with Crippen molar-refractivity contribution >= 4 is 42.4 Å². The molecule has 9 heteroatoms. The van der Waals surface area contributed by atoms with E-state index in [2.05, 4.69) is 5.32 Å². The molecule has 7 nitrogen and oxygen atoms in total. The van der Waals surface area contributed by atoms with Crippen LogP contribution in [-0.4, -0.2) is 56.3 Å². The molecular formula is C21H22N4O3S2. The number of nitrogens with zero attached hydrogens (tertiary/aromatic N) is 2. The van der Waals surface area contributed by atoms with Gasteiger partial charge in [-0.3, -0.25) is 4.79 Å². The molecule has 0 saturated carbocycles. The van der Waals surface area contributed by atoms with Gasteiger partial charge in [-0.25, -0.2) is 8.42 Å². The van der Waals surface area contributed by atoms with Crippen molar-refractivity contribution in [3.8, 4) is 0 Å². The maximum atomic E-state index is 13.3. The molecule has 3 heterocycles. The number of nitrogen functional groups attached to an aromatic ring is 1. The standard InChI is InChI=1S/C21H22N4O3S2/c22-20-19(15-6-1-3-7-17(15)29-20)21(26)24-9-11-25(12-10-24)30(27,28)18-8-4-2-5-14(18)16-13-23-16/h1-8,16,23H,9-13,22H2/t16-/m1/s1. The van der Waals surface area contributed by atoms with Crippen molar-refractivity contribution in [2.45, 2.75) is 10.9 Å². The number of amides is 1. The Hall–Kier alpha value is -2.46. The summed E-state index contributed by atoms with van der Waals surface area (Å²) >= 11 is 1.40. The van der Waals surface area contributed by atoms with Crippen molar-refractivity contribution in [3.05, 3.63) is 59.7 Å². The van der Waals surface area contributed by atoms with Crippen LogP contribution in [0.2, 0.25) is 0 Å². The predicted octanol–water partition coefficient (Wildman–Crippen LogP) is 2.27. The summed E-state index contributed by atoms with van der Waals surface area (Å²) < 4.78 is 29.0. The van der Waals surface area contributed by atoms with E-state index in [1.807, 2.05) is 36.4 Å². The summed E-state index contributed by atoms with van der Waals surface area (Å²) in [6, 6.07) is 14.9. The van der Waals surface area contributed by atoms with Gasteiger partial charge in [-0.2, -0.15) is 4.31 Å². The molecule has 5 rings (SSSR count). The number of anilines is 1. The molecule has 2 aliphatic heterocycles. The summed E-state index contributed by atoms with van der Waals surface area (Å²) in [4.78, 5) is 15.2. The monoisotopic (exact) mass is 442 g/mol. The average Bonchev–Trinajstić information content (AvgIpc) is 3.55. The van der Waals surface area contributed by atoms with Gasteiger partial charge in [0.2, 0.25) is 10.0 Å². The number of carbonyl (C=O) groups excluding carboxylic acids is 1. The van der Waals surface area contributed by atoms with Crippen LogP contribution in [0.1, 0.15) is 22.0 Å². The Kier molecular flexibility index (Phi) is 4.78. The van der Waals surface area contributed by atoms with Gasteiger partial charge in [0.15, 0.2) is 0 Å². The topological polar surface area (TPSA) is 106 Å². The van der Waals surface area contributed by atoms with Crippen molar-refractivity contribution in [2.75, 3.05) is 38.5 Å². The first-order valence-corrected chi connectivity index (χ1v) is 12.1. The molecule has 0 aliphatic carbocycles. The van der Waals surface area contributed by atoms with Gasteiger partial charge in [0.05, 0.1) is 15.5 Å². The van der Waals surface area contributed by atoms with Crippen LogP contribution in [0.5, 0.6) is 0 Å². The Morgan fingerprint density at radius 1 is 1.03 bits per heavy atom. The fourth-order valence-electron chi connectivity index (χ4n) is 4.00. The van der Waals surface area contributed by atoms with E-state index in [1.54, 1.807) is 17.0 Å². The lowest BCUT2D eigenvalue weighted by molar-refractivity contribution is 0.0701. The molecule has 0 bridgehead atoms. The minimum atomic E-state index is -3.61. The number of nitrogens with one attached hydrogen (secondary N) is 1. The zero-order valence-corrected chi connectivity index (χ0v) is 17.9. The largest absolute Gasteiger partial charge is 0.390 e. The normalized spacial score (nSPS) is 19.9. The Morgan fingerprint density at radius 3 is 2.43 bits per heavy atom. The van der Waals surface area contributed by atoms with Gasteiger partial charge < -0.3 is 16.0 Å². The first-order valence-electron chi connectivity index (χ1n) is 9.85. The van der Waals surface area contributed by atoms with E-state index in [4.69, 9.17) is 5.73 Å². The molecule has 3 aromatic rings. The zero-order valence-electron chi connectivity index (χ0n) is 16.2. The Labute approximate surface area is 179 Å². The molecule has 3 N–H and O–H groups in total. The van der Waals surface area contributed by atoms with E-state index in [-0.39, 0.29) is 25.0 Å². The Bertz CT molecular complexity index is 1230. The molecule has 1 atom stereocenters. The first kappa shape index (κ1) is 19.5. The van der Waals surface area contributed by atoms with Crippen molar-refractivity contribution in [1.29, 1.82) is 0 Å². The van der Waals surface area contributed by atoms with E-state index >= 15 is 0 Å². The minimum absolute atomic E-state index is 0.105. The second-order valence-corrected chi connectivity index (χ2v) is 10.5. The molecule has 0 unspecified atom stereocenters. The van der Waals surface area contributed by atoms with Gasteiger partial charge in [0, 0.05) is 48.9 Å². The Morgan fingerprint density at radius 2 is 1.70 bits per heavy atom. The van der Waals surface area contributed by atoms with Crippen LogP contribution in [0.25, 0.3) is 10.1 Å². The molecule has 2 saturated heterocycles. The minimum Gasteiger partial charge on any atom is -0.390 e. The number of rotatable bonds is 4. The van der Waals surface area contributed by atoms with Gasteiger partial charge >= 0.3 is 0 Å². The van der Waals surface area contributed by atoms with Crippen molar-refractivity contribution in [3.63, 3.8) is 0 Å². The van der Waals surface area contributed by atoms with Crippen molar-refractivity contribution < 1.29 is 13.2 Å². The van der Waals surface area contributed by atoms with Crippen LogP contribution in [0.15, 0.2) is 53.4 Å². The third-order valence-electron chi connectivity index (χ3n) is 5.68. The van der Waals surface area contributed by atoms with Crippen LogP contribution in [0.3, 0.4) is 0 Å². The maximum Gasteiger partial charge on any atom is 0.257 e. The lowest BCUT2D eigenvalue weighted by atomic mass is 10.1. The molecular weight excluding hydrogens is 420 g/mol. The third kappa shape index (κ3) is 3.27.